The Labute approximate surface area is 121 Å². The number of hydrogen-bond acceptors (Lipinski definition) is 1. The highest BCUT2D eigenvalue weighted by atomic mass is 19.1. The zero-order valence-electron chi connectivity index (χ0n) is 11.6. The summed E-state index contributed by atoms with van der Waals surface area (Å²) in [5.41, 5.74) is 2.98. The molecule has 0 fully saturated rings. The molecular formula is C17H15FN2O. The van der Waals surface area contributed by atoms with E-state index in [0.29, 0.717) is 17.8 Å². The lowest BCUT2D eigenvalue weighted by Gasteiger charge is -2.04. The first-order valence-electron chi connectivity index (χ1n) is 6.75. The molecule has 2 aromatic carbocycles. The van der Waals surface area contributed by atoms with Crippen molar-refractivity contribution < 1.29 is 9.18 Å². The number of carbonyl (C=O) groups is 1. The van der Waals surface area contributed by atoms with Gasteiger partial charge in [-0.25, -0.2) is 4.39 Å². The normalized spacial score (nSPS) is 10.8. The van der Waals surface area contributed by atoms with Crippen LogP contribution in [-0.4, -0.2) is 10.9 Å². The van der Waals surface area contributed by atoms with Crippen molar-refractivity contribution in [3.63, 3.8) is 0 Å². The average molecular weight is 282 g/mol. The topological polar surface area (TPSA) is 44.9 Å². The van der Waals surface area contributed by atoms with E-state index in [-0.39, 0.29) is 11.7 Å². The fraction of sp³-hybridized carbons (Fsp3) is 0.118. The molecule has 0 saturated carbocycles. The molecular weight excluding hydrogens is 267 g/mol. The summed E-state index contributed by atoms with van der Waals surface area (Å²) in [6.07, 6.45) is 0. The van der Waals surface area contributed by atoms with Gasteiger partial charge in [0.25, 0.3) is 5.91 Å². The van der Waals surface area contributed by atoms with Gasteiger partial charge in [0.05, 0.1) is 0 Å². The van der Waals surface area contributed by atoms with Crippen LogP contribution in [-0.2, 0) is 6.54 Å². The molecule has 1 amide bonds. The monoisotopic (exact) mass is 282 g/mol. The number of carbonyl (C=O) groups excluding carboxylic acids is 1. The number of rotatable bonds is 3. The number of benzene rings is 2. The van der Waals surface area contributed by atoms with Gasteiger partial charge < -0.3 is 10.3 Å². The van der Waals surface area contributed by atoms with Crippen LogP contribution in [0.5, 0.6) is 0 Å². The fourth-order valence-electron chi connectivity index (χ4n) is 2.40. The number of aromatic nitrogens is 1. The van der Waals surface area contributed by atoms with E-state index in [1.807, 2.05) is 37.3 Å². The van der Waals surface area contributed by atoms with Crippen molar-refractivity contribution in [1.82, 2.24) is 10.3 Å². The van der Waals surface area contributed by atoms with Crippen molar-refractivity contribution in [2.75, 3.05) is 0 Å². The van der Waals surface area contributed by atoms with Crippen LogP contribution >= 0.6 is 0 Å². The minimum Gasteiger partial charge on any atom is -0.350 e. The molecule has 3 aromatic rings. The second-order valence-corrected chi connectivity index (χ2v) is 4.98. The van der Waals surface area contributed by atoms with Gasteiger partial charge in [-0.05, 0) is 36.2 Å². The van der Waals surface area contributed by atoms with Crippen LogP contribution in [0.2, 0.25) is 0 Å². The Morgan fingerprint density at radius 1 is 1.19 bits per heavy atom. The highest BCUT2D eigenvalue weighted by Crippen LogP contribution is 2.22. The number of fused-ring (bicyclic) bond motifs is 1. The van der Waals surface area contributed by atoms with E-state index in [2.05, 4.69) is 10.3 Å². The Balaban J connectivity index is 1.83. The van der Waals surface area contributed by atoms with Crippen molar-refractivity contribution >= 4 is 16.8 Å². The lowest BCUT2D eigenvalue weighted by molar-refractivity contribution is 0.0946. The first kappa shape index (κ1) is 13.4. The third-order valence-electron chi connectivity index (χ3n) is 3.54. The molecule has 1 aromatic heterocycles. The van der Waals surface area contributed by atoms with Crippen LogP contribution in [0.3, 0.4) is 0 Å². The van der Waals surface area contributed by atoms with Crippen LogP contribution in [0, 0.1) is 12.7 Å². The Morgan fingerprint density at radius 3 is 2.71 bits per heavy atom. The molecule has 0 saturated heterocycles. The quantitative estimate of drug-likeness (QED) is 0.758. The molecule has 2 N–H and O–H groups in total. The summed E-state index contributed by atoms with van der Waals surface area (Å²) in [6.45, 7) is 2.32. The summed E-state index contributed by atoms with van der Waals surface area (Å²) in [4.78, 5) is 15.2. The molecule has 0 unspecified atom stereocenters. The van der Waals surface area contributed by atoms with E-state index < -0.39 is 0 Å². The lowest BCUT2D eigenvalue weighted by atomic mass is 10.1. The number of H-pyrrole nitrogens is 1. The molecule has 106 valence electrons. The van der Waals surface area contributed by atoms with E-state index >= 15 is 0 Å². The molecule has 0 spiro atoms. The predicted molar refractivity (Wildman–Crippen MR) is 80.6 cm³/mol. The SMILES string of the molecule is Cc1c(C(=O)NCc2ccccc2)[nH]c2cc(F)ccc12. The van der Waals surface area contributed by atoms with E-state index in [1.54, 1.807) is 6.07 Å². The summed E-state index contributed by atoms with van der Waals surface area (Å²) in [5, 5.41) is 3.73. The van der Waals surface area contributed by atoms with Crippen LogP contribution in [0.1, 0.15) is 21.6 Å². The molecule has 3 rings (SSSR count). The summed E-state index contributed by atoms with van der Waals surface area (Å²) >= 11 is 0. The zero-order chi connectivity index (χ0) is 14.8. The lowest BCUT2D eigenvalue weighted by Crippen LogP contribution is -2.23. The van der Waals surface area contributed by atoms with Gasteiger partial charge in [0.15, 0.2) is 0 Å². The largest absolute Gasteiger partial charge is 0.350 e. The molecule has 0 radical (unpaired) electrons. The number of aromatic amines is 1. The first-order chi connectivity index (χ1) is 10.1. The Kier molecular flexibility index (Phi) is 3.44. The average Bonchev–Trinajstić information content (AvgIpc) is 2.82. The van der Waals surface area contributed by atoms with Crippen LogP contribution < -0.4 is 5.32 Å². The van der Waals surface area contributed by atoms with E-state index in [9.17, 15) is 9.18 Å². The molecule has 0 aliphatic heterocycles. The third kappa shape index (κ3) is 2.65. The molecule has 0 aliphatic carbocycles. The summed E-state index contributed by atoms with van der Waals surface area (Å²) in [6, 6.07) is 14.2. The number of amides is 1. The molecule has 0 bridgehead atoms. The molecule has 3 nitrogen and oxygen atoms in total. The van der Waals surface area contributed by atoms with Crippen molar-refractivity contribution in [3.05, 3.63) is 71.2 Å². The Morgan fingerprint density at radius 2 is 1.95 bits per heavy atom. The second-order valence-electron chi connectivity index (χ2n) is 4.98. The molecule has 0 atom stereocenters. The maximum Gasteiger partial charge on any atom is 0.268 e. The zero-order valence-corrected chi connectivity index (χ0v) is 11.6. The standard InChI is InChI=1S/C17H15FN2O/c1-11-14-8-7-13(18)9-15(14)20-16(11)17(21)19-10-12-5-3-2-4-6-12/h2-9,20H,10H2,1H3,(H,19,21). The van der Waals surface area contributed by atoms with E-state index in [4.69, 9.17) is 0 Å². The highest BCUT2D eigenvalue weighted by molar-refractivity contribution is 6.00. The van der Waals surface area contributed by atoms with Crippen LogP contribution in [0.25, 0.3) is 10.9 Å². The number of nitrogens with one attached hydrogen (secondary N) is 2. The van der Waals surface area contributed by atoms with Gasteiger partial charge in [-0.15, -0.1) is 0 Å². The summed E-state index contributed by atoms with van der Waals surface area (Å²) in [7, 11) is 0. The van der Waals surface area contributed by atoms with Crippen molar-refractivity contribution in [2.45, 2.75) is 13.5 Å². The fourth-order valence-corrected chi connectivity index (χ4v) is 2.40. The molecule has 21 heavy (non-hydrogen) atoms. The van der Waals surface area contributed by atoms with Crippen molar-refractivity contribution in [3.8, 4) is 0 Å². The van der Waals surface area contributed by atoms with Crippen molar-refractivity contribution in [2.24, 2.45) is 0 Å². The molecule has 0 aliphatic rings. The Hall–Kier alpha value is -2.62. The van der Waals surface area contributed by atoms with E-state index in [0.717, 1.165) is 16.5 Å². The van der Waals surface area contributed by atoms with Crippen LogP contribution in [0.15, 0.2) is 48.5 Å². The first-order valence-corrected chi connectivity index (χ1v) is 6.75. The van der Waals surface area contributed by atoms with Gasteiger partial charge in [-0.3, -0.25) is 4.79 Å². The Bertz CT molecular complexity index is 793. The number of hydrogen-bond donors (Lipinski definition) is 2. The third-order valence-corrected chi connectivity index (χ3v) is 3.54. The summed E-state index contributed by atoms with van der Waals surface area (Å²) < 4.78 is 13.2. The molecule has 1 heterocycles. The minimum absolute atomic E-state index is 0.187. The number of aryl methyl sites for hydroxylation is 1. The number of halogens is 1. The maximum absolute atomic E-state index is 13.2. The maximum atomic E-state index is 13.2. The van der Waals surface area contributed by atoms with Gasteiger partial charge in [-0.1, -0.05) is 30.3 Å². The molecule has 4 heteroatoms. The van der Waals surface area contributed by atoms with E-state index in [1.165, 1.54) is 12.1 Å². The van der Waals surface area contributed by atoms with Gasteiger partial charge in [0.2, 0.25) is 0 Å². The minimum atomic E-state index is -0.319. The highest BCUT2D eigenvalue weighted by Gasteiger charge is 2.14. The van der Waals surface area contributed by atoms with Gasteiger partial charge in [-0.2, -0.15) is 0 Å². The van der Waals surface area contributed by atoms with Gasteiger partial charge in [0, 0.05) is 17.4 Å². The van der Waals surface area contributed by atoms with Crippen molar-refractivity contribution in [1.29, 1.82) is 0 Å². The smallest absolute Gasteiger partial charge is 0.268 e. The van der Waals surface area contributed by atoms with Crippen LogP contribution in [0.4, 0.5) is 4.39 Å². The summed E-state index contributed by atoms with van der Waals surface area (Å²) in [5.74, 6) is -0.507. The second kappa shape index (κ2) is 5.40. The van der Waals surface area contributed by atoms with Gasteiger partial charge in [0.1, 0.15) is 11.5 Å². The predicted octanol–water partition coefficient (Wildman–Crippen LogP) is 3.55. The van der Waals surface area contributed by atoms with Gasteiger partial charge >= 0.3 is 0 Å².